The summed E-state index contributed by atoms with van der Waals surface area (Å²) in [6.07, 6.45) is 0. The molecule has 7 heteroatoms. The Kier molecular flexibility index (Phi) is 5.34. The van der Waals surface area contributed by atoms with Gasteiger partial charge in [0, 0.05) is 12.3 Å². The number of nitrogens with zero attached hydrogens (tertiary/aromatic N) is 1. The quantitative estimate of drug-likeness (QED) is 0.806. The van der Waals surface area contributed by atoms with Crippen molar-refractivity contribution < 1.29 is 19.4 Å². The third-order valence-electron chi connectivity index (χ3n) is 4.00. The van der Waals surface area contributed by atoms with Crippen molar-refractivity contribution in [3.05, 3.63) is 63.6 Å². The lowest BCUT2D eigenvalue weighted by Crippen LogP contribution is -2.31. The molecule has 130 valence electrons. The second-order valence-electron chi connectivity index (χ2n) is 5.47. The Labute approximate surface area is 158 Å². The van der Waals surface area contributed by atoms with Gasteiger partial charge in [-0.3, -0.25) is 4.79 Å². The molecule has 1 heterocycles. The van der Waals surface area contributed by atoms with Gasteiger partial charge in [0.2, 0.25) is 0 Å². The number of thioether (sulfide) groups is 1. The van der Waals surface area contributed by atoms with E-state index < -0.39 is 5.97 Å². The zero-order chi connectivity index (χ0) is 18.0. The number of benzene rings is 2. The minimum atomic E-state index is -1.10. The van der Waals surface area contributed by atoms with E-state index in [1.54, 1.807) is 42.0 Å². The first-order valence-corrected chi connectivity index (χ1v) is 9.45. The van der Waals surface area contributed by atoms with Crippen LogP contribution >= 0.6 is 27.7 Å². The summed E-state index contributed by atoms with van der Waals surface area (Å²) in [4.78, 5) is 26.1. The summed E-state index contributed by atoms with van der Waals surface area (Å²) in [5, 5.41) is 9.18. The molecule has 5 nitrogen and oxygen atoms in total. The lowest BCUT2D eigenvalue weighted by atomic mass is 10.1. The van der Waals surface area contributed by atoms with Crippen LogP contribution < -0.4 is 4.74 Å². The molecule has 0 spiro atoms. The maximum atomic E-state index is 13.0. The standard InChI is InChI=1S/C18H16BrNO4S/c1-24-15-7-6-11(10-14(15)19)17-20(8-9-25-17)16(21)12-4-2-3-5-13(12)18(22)23/h2-7,10,17H,8-9H2,1H3,(H,22,23)/t17-/m0/s1. The average molecular weight is 422 g/mol. The molecule has 1 N–H and O–H groups in total. The molecule has 0 radical (unpaired) electrons. The number of hydrogen-bond donors (Lipinski definition) is 1. The Morgan fingerprint density at radius 1 is 1.24 bits per heavy atom. The summed E-state index contributed by atoms with van der Waals surface area (Å²) in [6, 6.07) is 12.0. The number of rotatable bonds is 4. The van der Waals surface area contributed by atoms with Crippen molar-refractivity contribution in [1.82, 2.24) is 4.90 Å². The van der Waals surface area contributed by atoms with Crippen LogP contribution in [0.2, 0.25) is 0 Å². The number of amides is 1. The minimum Gasteiger partial charge on any atom is -0.496 e. The molecular formula is C18H16BrNO4S. The van der Waals surface area contributed by atoms with Crippen LogP contribution in [0, 0.1) is 0 Å². The molecular weight excluding hydrogens is 406 g/mol. The van der Waals surface area contributed by atoms with Crippen LogP contribution in [0.25, 0.3) is 0 Å². The zero-order valence-corrected chi connectivity index (χ0v) is 15.8. The predicted octanol–water partition coefficient (Wildman–Crippen LogP) is 4.04. The van der Waals surface area contributed by atoms with Crippen molar-refractivity contribution >= 4 is 39.6 Å². The molecule has 2 aromatic rings. The van der Waals surface area contributed by atoms with Gasteiger partial charge >= 0.3 is 5.97 Å². The number of carboxylic acid groups (broad SMARTS) is 1. The fourth-order valence-electron chi connectivity index (χ4n) is 2.80. The lowest BCUT2D eigenvalue weighted by Gasteiger charge is -2.25. The molecule has 2 aromatic carbocycles. The fourth-order valence-corrected chi connectivity index (χ4v) is 4.61. The summed E-state index contributed by atoms with van der Waals surface area (Å²) >= 11 is 5.13. The van der Waals surface area contributed by atoms with Gasteiger partial charge in [0.05, 0.1) is 22.7 Å². The molecule has 1 saturated heterocycles. The molecule has 1 aliphatic rings. The Bertz CT molecular complexity index is 826. The predicted molar refractivity (Wildman–Crippen MR) is 100 cm³/mol. The van der Waals surface area contributed by atoms with Crippen LogP contribution in [0.3, 0.4) is 0 Å². The molecule has 1 fully saturated rings. The van der Waals surface area contributed by atoms with E-state index in [1.165, 1.54) is 6.07 Å². The number of carbonyl (C=O) groups excluding carboxylic acids is 1. The van der Waals surface area contributed by atoms with Crippen molar-refractivity contribution in [3.8, 4) is 5.75 Å². The van der Waals surface area contributed by atoms with Gasteiger partial charge in [0.15, 0.2) is 0 Å². The van der Waals surface area contributed by atoms with Gasteiger partial charge in [0.1, 0.15) is 11.1 Å². The third-order valence-corrected chi connectivity index (χ3v) is 5.88. The van der Waals surface area contributed by atoms with E-state index in [0.29, 0.717) is 6.54 Å². The Morgan fingerprint density at radius 3 is 2.60 bits per heavy atom. The van der Waals surface area contributed by atoms with E-state index in [1.807, 2.05) is 18.2 Å². The maximum absolute atomic E-state index is 13.0. The van der Waals surface area contributed by atoms with Crippen molar-refractivity contribution in [2.75, 3.05) is 19.4 Å². The van der Waals surface area contributed by atoms with E-state index in [-0.39, 0.29) is 22.4 Å². The number of hydrogen-bond acceptors (Lipinski definition) is 4. The van der Waals surface area contributed by atoms with Gasteiger partial charge in [-0.25, -0.2) is 4.79 Å². The van der Waals surface area contributed by atoms with Crippen molar-refractivity contribution in [2.24, 2.45) is 0 Å². The van der Waals surface area contributed by atoms with Crippen molar-refractivity contribution in [1.29, 1.82) is 0 Å². The summed E-state index contributed by atoms with van der Waals surface area (Å²) in [5.74, 6) is 0.162. The Morgan fingerprint density at radius 2 is 1.96 bits per heavy atom. The Hall–Kier alpha value is -1.99. The number of methoxy groups -OCH3 is 1. The normalized spacial score (nSPS) is 16.7. The number of ether oxygens (including phenoxy) is 1. The van der Waals surface area contributed by atoms with Crippen LogP contribution in [-0.4, -0.2) is 41.3 Å². The van der Waals surface area contributed by atoms with E-state index in [2.05, 4.69) is 15.9 Å². The van der Waals surface area contributed by atoms with Gasteiger partial charge < -0.3 is 14.7 Å². The molecule has 0 unspecified atom stereocenters. The fraction of sp³-hybridized carbons (Fsp3) is 0.222. The average Bonchev–Trinajstić information content (AvgIpc) is 3.10. The van der Waals surface area contributed by atoms with Crippen LogP contribution in [-0.2, 0) is 0 Å². The van der Waals surface area contributed by atoms with Gasteiger partial charge in [-0.15, -0.1) is 11.8 Å². The minimum absolute atomic E-state index is 0.0269. The number of aromatic carboxylic acids is 1. The maximum Gasteiger partial charge on any atom is 0.336 e. The molecule has 25 heavy (non-hydrogen) atoms. The molecule has 0 saturated carbocycles. The number of carboxylic acids is 1. The van der Waals surface area contributed by atoms with Crippen LogP contribution in [0.5, 0.6) is 5.75 Å². The summed E-state index contributed by atoms with van der Waals surface area (Å²) in [7, 11) is 1.60. The summed E-state index contributed by atoms with van der Waals surface area (Å²) < 4.78 is 6.07. The van der Waals surface area contributed by atoms with Gasteiger partial charge in [-0.05, 0) is 45.8 Å². The molecule has 1 atom stereocenters. The van der Waals surface area contributed by atoms with Gasteiger partial charge in [0.25, 0.3) is 5.91 Å². The molecule has 3 rings (SSSR count). The third kappa shape index (κ3) is 3.52. The first-order valence-electron chi connectivity index (χ1n) is 7.61. The van der Waals surface area contributed by atoms with Crippen molar-refractivity contribution in [2.45, 2.75) is 5.37 Å². The number of carbonyl (C=O) groups is 2. The highest BCUT2D eigenvalue weighted by molar-refractivity contribution is 9.10. The number of halogens is 1. The first-order chi connectivity index (χ1) is 12.0. The molecule has 0 bridgehead atoms. The first kappa shape index (κ1) is 17.8. The summed E-state index contributed by atoms with van der Waals surface area (Å²) in [6.45, 7) is 0.575. The van der Waals surface area contributed by atoms with Crippen molar-refractivity contribution in [3.63, 3.8) is 0 Å². The van der Waals surface area contributed by atoms with E-state index in [9.17, 15) is 14.7 Å². The van der Waals surface area contributed by atoms with Gasteiger partial charge in [-0.1, -0.05) is 18.2 Å². The van der Waals surface area contributed by atoms with Crippen LogP contribution in [0.1, 0.15) is 31.7 Å². The smallest absolute Gasteiger partial charge is 0.336 e. The molecule has 1 aliphatic heterocycles. The van der Waals surface area contributed by atoms with E-state index >= 15 is 0 Å². The summed E-state index contributed by atoms with van der Waals surface area (Å²) in [5.41, 5.74) is 1.21. The van der Waals surface area contributed by atoms with Crippen LogP contribution in [0.4, 0.5) is 0 Å². The highest BCUT2D eigenvalue weighted by Crippen LogP contribution is 2.41. The van der Waals surface area contributed by atoms with E-state index in [4.69, 9.17) is 4.74 Å². The largest absolute Gasteiger partial charge is 0.496 e. The monoisotopic (exact) mass is 421 g/mol. The second-order valence-corrected chi connectivity index (χ2v) is 7.51. The molecule has 1 amide bonds. The van der Waals surface area contributed by atoms with Crippen LogP contribution in [0.15, 0.2) is 46.9 Å². The highest BCUT2D eigenvalue weighted by atomic mass is 79.9. The SMILES string of the molecule is COc1ccc([C@@H]2SCCN2C(=O)c2ccccc2C(=O)O)cc1Br. The van der Waals surface area contributed by atoms with E-state index in [0.717, 1.165) is 21.5 Å². The topological polar surface area (TPSA) is 66.8 Å². The highest BCUT2D eigenvalue weighted by Gasteiger charge is 2.33. The zero-order valence-electron chi connectivity index (χ0n) is 13.4. The Balaban J connectivity index is 1.93. The van der Waals surface area contributed by atoms with Gasteiger partial charge in [-0.2, -0.15) is 0 Å². The lowest BCUT2D eigenvalue weighted by molar-refractivity contribution is 0.0676. The molecule has 0 aliphatic carbocycles. The second kappa shape index (κ2) is 7.49. The molecule has 0 aromatic heterocycles.